The summed E-state index contributed by atoms with van der Waals surface area (Å²) in [6.45, 7) is 3.89. The Bertz CT molecular complexity index is 930. The molecule has 1 aliphatic rings. The van der Waals surface area contributed by atoms with Crippen LogP contribution in [0.4, 0.5) is 5.69 Å². The molecule has 1 heterocycles. The number of phenols is 1. The molecule has 150 valence electrons. The fourth-order valence-corrected chi connectivity index (χ4v) is 3.52. The van der Waals surface area contributed by atoms with Gasteiger partial charge in [-0.05, 0) is 47.5 Å². The summed E-state index contributed by atoms with van der Waals surface area (Å²) in [6, 6.07) is 12.6. The van der Waals surface area contributed by atoms with Gasteiger partial charge in [0.15, 0.2) is 11.6 Å². The van der Waals surface area contributed by atoms with Crippen molar-refractivity contribution in [1.29, 1.82) is 0 Å². The fourth-order valence-electron chi connectivity index (χ4n) is 3.02. The van der Waals surface area contributed by atoms with Crippen LogP contribution in [0.2, 0.25) is 0 Å². The third-order valence-electron chi connectivity index (χ3n) is 4.62. The number of hydrogen-bond donors (Lipinski definition) is 2. The molecule has 1 aliphatic heterocycles. The lowest BCUT2D eigenvalue weighted by molar-refractivity contribution is -0.121. The molecular weight excluding hydrogens is 432 g/mol. The van der Waals surface area contributed by atoms with Crippen LogP contribution in [-0.2, 0) is 9.59 Å². The second kappa shape index (κ2) is 10.2. The van der Waals surface area contributed by atoms with E-state index < -0.39 is 0 Å². The predicted molar refractivity (Wildman–Crippen MR) is 120 cm³/mol. The van der Waals surface area contributed by atoms with Crippen LogP contribution in [-0.4, -0.2) is 42.9 Å². The first-order valence-electron chi connectivity index (χ1n) is 9.47. The number of allylic oxidation sites excluding steroid dienone is 2. The number of anilines is 1. The molecule has 2 aromatic rings. The van der Waals surface area contributed by atoms with Gasteiger partial charge in [0.05, 0.1) is 6.42 Å². The number of piperazine rings is 1. The van der Waals surface area contributed by atoms with Gasteiger partial charge in [0, 0.05) is 36.3 Å². The summed E-state index contributed by atoms with van der Waals surface area (Å²) in [5, 5.41) is 12.6. The first-order chi connectivity index (χ1) is 14.0. The number of carbonyl (C=O) groups is 2. The molecule has 0 saturated carbocycles. The summed E-state index contributed by atoms with van der Waals surface area (Å²) in [7, 11) is 0. The number of halogens is 1. The van der Waals surface area contributed by atoms with Crippen LogP contribution in [0.3, 0.4) is 0 Å². The molecule has 0 aromatic heterocycles. The first kappa shape index (κ1) is 21.0. The highest BCUT2D eigenvalue weighted by Crippen LogP contribution is 2.25. The van der Waals surface area contributed by atoms with Crippen LogP contribution in [0.5, 0.6) is 5.75 Å². The van der Waals surface area contributed by atoms with Gasteiger partial charge in [0.2, 0.25) is 0 Å². The average Bonchev–Trinajstić information content (AvgIpc) is 2.73. The third-order valence-corrected chi connectivity index (χ3v) is 5.30. The van der Waals surface area contributed by atoms with Crippen LogP contribution in [0.1, 0.15) is 17.5 Å². The van der Waals surface area contributed by atoms with E-state index in [4.69, 9.17) is 0 Å². The summed E-state index contributed by atoms with van der Waals surface area (Å²) < 4.78 is 0.913. The Kier molecular flexibility index (Phi) is 7.38. The Morgan fingerprint density at radius 3 is 2.31 bits per heavy atom. The van der Waals surface area contributed by atoms with Gasteiger partial charge in [0.1, 0.15) is 5.75 Å². The number of ketones is 2. The van der Waals surface area contributed by atoms with Crippen molar-refractivity contribution >= 4 is 45.3 Å². The lowest BCUT2D eigenvalue weighted by Crippen LogP contribution is -2.43. The second-order valence-corrected chi connectivity index (χ2v) is 7.66. The molecule has 0 amide bonds. The van der Waals surface area contributed by atoms with Crippen LogP contribution < -0.4 is 10.2 Å². The Balaban J connectivity index is 1.55. The molecule has 0 radical (unpaired) electrons. The minimum atomic E-state index is -0.263. The van der Waals surface area contributed by atoms with E-state index in [-0.39, 0.29) is 23.7 Å². The van der Waals surface area contributed by atoms with E-state index in [0.717, 1.165) is 47.5 Å². The zero-order chi connectivity index (χ0) is 20.6. The third kappa shape index (κ3) is 6.41. The van der Waals surface area contributed by atoms with E-state index in [0.29, 0.717) is 0 Å². The van der Waals surface area contributed by atoms with Crippen molar-refractivity contribution in [2.24, 2.45) is 0 Å². The molecule has 3 rings (SSSR count). The van der Waals surface area contributed by atoms with Crippen LogP contribution >= 0.6 is 15.9 Å². The number of nitrogens with one attached hydrogen (secondary N) is 1. The van der Waals surface area contributed by atoms with Gasteiger partial charge in [0.25, 0.3) is 0 Å². The molecule has 2 N–H and O–H groups in total. The zero-order valence-corrected chi connectivity index (χ0v) is 17.6. The maximum atomic E-state index is 12.1. The molecule has 0 spiro atoms. The van der Waals surface area contributed by atoms with E-state index in [1.165, 1.54) is 12.2 Å². The Morgan fingerprint density at radius 2 is 1.66 bits per heavy atom. The molecular formula is C23H23BrN2O3. The lowest BCUT2D eigenvalue weighted by atomic mass is 10.1. The zero-order valence-electron chi connectivity index (χ0n) is 16.0. The van der Waals surface area contributed by atoms with Crippen molar-refractivity contribution in [3.8, 4) is 5.75 Å². The standard InChI is InChI=1S/C23H23BrN2O3/c24-23-15-19(26-13-11-25-12-14-26)6-4-18(23)5-10-22(29)16-21(28)9-3-17-1-7-20(27)8-2-17/h1-10,15,25,27H,11-14,16H2/b9-3+,10-5+. The monoisotopic (exact) mass is 454 g/mol. The SMILES string of the molecule is O=C(/C=C/c1ccc(O)cc1)CC(=O)/C=C/c1ccc(N2CCNCC2)cc1Br. The smallest absolute Gasteiger partial charge is 0.163 e. The number of rotatable bonds is 7. The molecule has 1 saturated heterocycles. The molecule has 1 fully saturated rings. The number of aromatic hydroxyl groups is 1. The van der Waals surface area contributed by atoms with Gasteiger partial charge in [-0.3, -0.25) is 9.59 Å². The first-order valence-corrected chi connectivity index (χ1v) is 10.3. The highest BCUT2D eigenvalue weighted by Gasteiger charge is 2.11. The van der Waals surface area contributed by atoms with Crippen LogP contribution in [0.15, 0.2) is 59.1 Å². The van der Waals surface area contributed by atoms with E-state index >= 15 is 0 Å². The summed E-state index contributed by atoms with van der Waals surface area (Å²) in [5.41, 5.74) is 2.83. The van der Waals surface area contributed by atoms with Crippen molar-refractivity contribution < 1.29 is 14.7 Å². The van der Waals surface area contributed by atoms with Gasteiger partial charge in [-0.15, -0.1) is 0 Å². The normalized spacial score (nSPS) is 14.6. The van der Waals surface area contributed by atoms with Crippen molar-refractivity contribution in [2.45, 2.75) is 6.42 Å². The summed E-state index contributed by atoms with van der Waals surface area (Å²) >= 11 is 3.57. The Morgan fingerprint density at radius 1 is 1.00 bits per heavy atom. The summed E-state index contributed by atoms with van der Waals surface area (Å²) in [6.07, 6.45) is 6.00. The Hall–Kier alpha value is -2.70. The largest absolute Gasteiger partial charge is 0.508 e. The molecule has 29 heavy (non-hydrogen) atoms. The average molecular weight is 455 g/mol. The van der Waals surface area contributed by atoms with E-state index in [9.17, 15) is 14.7 Å². The number of hydrogen-bond acceptors (Lipinski definition) is 5. The van der Waals surface area contributed by atoms with E-state index in [2.05, 4.69) is 32.2 Å². The number of phenolic OH excluding ortho intramolecular Hbond substituents is 1. The minimum absolute atomic E-state index is 0.168. The fraction of sp³-hybridized carbons (Fsp3) is 0.217. The molecule has 2 aromatic carbocycles. The van der Waals surface area contributed by atoms with Crippen LogP contribution in [0, 0.1) is 0 Å². The van der Waals surface area contributed by atoms with Crippen molar-refractivity contribution in [2.75, 3.05) is 31.1 Å². The lowest BCUT2D eigenvalue weighted by Gasteiger charge is -2.29. The van der Waals surface area contributed by atoms with Gasteiger partial charge < -0.3 is 15.3 Å². The van der Waals surface area contributed by atoms with Crippen molar-refractivity contribution in [3.63, 3.8) is 0 Å². The number of benzene rings is 2. The Labute approximate surface area is 178 Å². The highest BCUT2D eigenvalue weighted by molar-refractivity contribution is 9.10. The van der Waals surface area contributed by atoms with Gasteiger partial charge >= 0.3 is 0 Å². The quantitative estimate of drug-likeness (QED) is 0.491. The molecule has 5 nitrogen and oxygen atoms in total. The second-order valence-electron chi connectivity index (χ2n) is 6.81. The highest BCUT2D eigenvalue weighted by atomic mass is 79.9. The topological polar surface area (TPSA) is 69.6 Å². The van der Waals surface area contributed by atoms with Crippen LogP contribution in [0.25, 0.3) is 12.2 Å². The summed E-state index contributed by atoms with van der Waals surface area (Å²) in [4.78, 5) is 26.4. The summed E-state index contributed by atoms with van der Waals surface area (Å²) in [5.74, 6) is -0.342. The number of carbonyl (C=O) groups excluding carboxylic acids is 2. The van der Waals surface area contributed by atoms with E-state index in [1.54, 1.807) is 36.4 Å². The van der Waals surface area contributed by atoms with E-state index in [1.807, 2.05) is 12.1 Å². The van der Waals surface area contributed by atoms with Crippen molar-refractivity contribution in [1.82, 2.24) is 5.32 Å². The molecule has 0 atom stereocenters. The maximum absolute atomic E-state index is 12.1. The molecule has 0 aliphatic carbocycles. The minimum Gasteiger partial charge on any atom is -0.508 e. The van der Waals surface area contributed by atoms with Gasteiger partial charge in [-0.1, -0.05) is 46.3 Å². The molecule has 0 unspecified atom stereocenters. The molecule has 0 bridgehead atoms. The van der Waals surface area contributed by atoms with Crippen molar-refractivity contribution in [3.05, 3.63) is 70.2 Å². The van der Waals surface area contributed by atoms with Gasteiger partial charge in [-0.25, -0.2) is 0 Å². The number of nitrogens with zero attached hydrogens (tertiary/aromatic N) is 1. The molecule has 6 heteroatoms. The predicted octanol–water partition coefficient (Wildman–Crippen LogP) is 3.82. The van der Waals surface area contributed by atoms with Gasteiger partial charge in [-0.2, -0.15) is 0 Å². The maximum Gasteiger partial charge on any atom is 0.163 e.